The molecule has 1 N–H and O–H groups in total. The Bertz CT molecular complexity index is 826. The lowest BCUT2D eigenvalue weighted by molar-refractivity contribution is -0.116. The van der Waals surface area contributed by atoms with E-state index in [0.29, 0.717) is 18.0 Å². The molecule has 112 valence electrons. The molecule has 0 fully saturated rings. The molecule has 0 atom stereocenters. The van der Waals surface area contributed by atoms with Gasteiger partial charge in [-0.05, 0) is 42.8 Å². The summed E-state index contributed by atoms with van der Waals surface area (Å²) in [5, 5.41) is 8.87. The van der Waals surface area contributed by atoms with Crippen LogP contribution in [0.1, 0.15) is 12.0 Å². The van der Waals surface area contributed by atoms with Gasteiger partial charge in [-0.15, -0.1) is 0 Å². The van der Waals surface area contributed by atoms with Gasteiger partial charge in [0, 0.05) is 22.5 Å². The molecule has 0 aliphatic heterocycles. The second kappa shape index (κ2) is 6.20. The van der Waals surface area contributed by atoms with E-state index in [0.717, 1.165) is 22.2 Å². The molecule has 0 unspecified atom stereocenters. The van der Waals surface area contributed by atoms with E-state index < -0.39 is 0 Å². The second-order valence-corrected chi connectivity index (χ2v) is 5.67. The van der Waals surface area contributed by atoms with Crippen LogP contribution in [0.3, 0.4) is 0 Å². The second-order valence-electron chi connectivity index (χ2n) is 5.24. The van der Waals surface area contributed by atoms with E-state index in [1.807, 2.05) is 54.1 Å². The van der Waals surface area contributed by atoms with Crippen LogP contribution in [-0.4, -0.2) is 15.7 Å². The van der Waals surface area contributed by atoms with Crippen LogP contribution < -0.4 is 5.32 Å². The Kier molecular flexibility index (Phi) is 4.11. The maximum atomic E-state index is 12.0. The number of benzene rings is 2. The number of aryl methyl sites for hydroxylation is 2. The summed E-state index contributed by atoms with van der Waals surface area (Å²) in [7, 11) is 0. The summed E-state index contributed by atoms with van der Waals surface area (Å²) in [6.45, 7) is 2.53. The molecule has 5 heteroatoms. The summed E-state index contributed by atoms with van der Waals surface area (Å²) >= 11 is 5.96. The zero-order valence-corrected chi connectivity index (χ0v) is 13.0. The Balaban J connectivity index is 1.65. The van der Waals surface area contributed by atoms with Crippen molar-refractivity contribution < 1.29 is 4.79 Å². The molecule has 22 heavy (non-hydrogen) atoms. The molecule has 0 bridgehead atoms. The van der Waals surface area contributed by atoms with Crippen LogP contribution in [0.4, 0.5) is 5.69 Å². The van der Waals surface area contributed by atoms with Crippen molar-refractivity contribution in [3.05, 3.63) is 59.2 Å². The van der Waals surface area contributed by atoms with E-state index in [1.165, 1.54) is 0 Å². The van der Waals surface area contributed by atoms with E-state index >= 15 is 0 Å². The van der Waals surface area contributed by atoms with E-state index in [9.17, 15) is 4.79 Å². The number of rotatable bonds is 4. The quantitative estimate of drug-likeness (QED) is 0.790. The standard InChI is InChI=1S/C17H16ClN3O/c1-12-3-2-4-15(9-12)20-17(22)7-8-21-16-6-5-14(18)10-13(16)11-19-21/h2-6,9-11H,7-8H2,1H3,(H,20,22). The van der Waals surface area contributed by atoms with Crippen molar-refractivity contribution in [1.29, 1.82) is 0 Å². The average molecular weight is 314 g/mol. The van der Waals surface area contributed by atoms with Gasteiger partial charge < -0.3 is 5.32 Å². The Morgan fingerprint density at radius 1 is 1.27 bits per heavy atom. The number of carbonyl (C=O) groups excluding carboxylic acids is 1. The maximum absolute atomic E-state index is 12.0. The predicted octanol–water partition coefficient (Wildman–Crippen LogP) is 4.03. The van der Waals surface area contributed by atoms with Crippen LogP contribution in [-0.2, 0) is 11.3 Å². The van der Waals surface area contributed by atoms with Gasteiger partial charge in [0.15, 0.2) is 0 Å². The molecule has 2 aromatic carbocycles. The van der Waals surface area contributed by atoms with Gasteiger partial charge >= 0.3 is 0 Å². The van der Waals surface area contributed by atoms with Gasteiger partial charge in [-0.3, -0.25) is 9.48 Å². The highest BCUT2D eigenvalue weighted by atomic mass is 35.5. The van der Waals surface area contributed by atoms with Crippen LogP contribution in [0.25, 0.3) is 10.9 Å². The molecule has 0 aliphatic rings. The molecule has 4 nitrogen and oxygen atoms in total. The summed E-state index contributed by atoms with van der Waals surface area (Å²) in [4.78, 5) is 12.0. The predicted molar refractivity (Wildman–Crippen MR) is 89.2 cm³/mol. The van der Waals surface area contributed by atoms with Crippen LogP contribution in [0.2, 0.25) is 5.02 Å². The van der Waals surface area contributed by atoms with Crippen molar-refractivity contribution in [1.82, 2.24) is 9.78 Å². The Morgan fingerprint density at radius 3 is 2.95 bits per heavy atom. The first kappa shape index (κ1) is 14.6. The van der Waals surface area contributed by atoms with Gasteiger partial charge in [0.2, 0.25) is 5.91 Å². The van der Waals surface area contributed by atoms with Gasteiger partial charge in [-0.1, -0.05) is 23.7 Å². The first-order valence-electron chi connectivity index (χ1n) is 7.09. The monoisotopic (exact) mass is 313 g/mol. The largest absolute Gasteiger partial charge is 0.326 e. The number of nitrogens with zero attached hydrogens (tertiary/aromatic N) is 2. The molecule has 3 rings (SSSR count). The molecule has 0 saturated heterocycles. The lowest BCUT2D eigenvalue weighted by Crippen LogP contribution is -2.15. The fraction of sp³-hybridized carbons (Fsp3) is 0.176. The summed E-state index contributed by atoms with van der Waals surface area (Å²) < 4.78 is 1.82. The minimum absolute atomic E-state index is 0.0248. The molecule has 1 amide bonds. The highest BCUT2D eigenvalue weighted by Gasteiger charge is 2.07. The normalized spacial score (nSPS) is 10.8. The maximum Gasteiger partial charge on any atom is 0.226 e. The van der Waals surface area contributed by atoms with Gasteiger partial charge in [-0.2, -0.15) is 5.10 Å². The molecular formula is C17H16ClN3O. The summed E-state index contributed by atoms with van der Waals surface area (Å²) in [6.07, 6.45) is 2.13. The molecule has 0 aliphatic carbocycles. The fourth-order valence-corrected chi connectivity index (χ4v) is 2.57. The molecule has 0 radical (unpaired) electrons. The van der Waals surface area contributed by atoms with Crippen LogP contribution in [0, 0.1) is 6.92 Å². The van der Waals surface area contributed by atoms with Crippen molar-refractivity contribution in [3.8, 4) is 0 Å². The number of carbonyl (C=O) groups is 1. The minimum Gasteiger partial charge on any atom is -0.326 e. The number of nitrogens with one attached hydrogen (secondary N) is 1. The summed E-state index contributed by atoms with van der Waals surface area (Å²) in [5.74, 6) is -0.0248. The Labute approximate surface area is 133 Å². The third kappa shape index (κ3) is 3.28. The number of aromatic nitrogens is 2. The van der Waals surface area contributed by atoms with Crippen molar-refractivity contribution in [2.24, 2.45) is 0 Å². The lowest BCUT2D eigenvalue weighted by atomic mass is 10.2. The smallest absolute Gasteiger partial charge is 0.226 e. The van der Waals surface area contributed by atoms with Crippen LogP contribution in [0.5, 0.6) is 0 Å². The summed E-state index contributed by atoms with van der Waals surface area (Å²) in [6, 6.07) is 13.4. The number of anilines is 1. The van der Waals surface area contributed by atoms with E-state index in [1.54, 1.807) is 6.20 Å². The molecule has 1 heterocycles. The number of fused-ring (bicyclic) bond motifs is 1. The van der Waals surface area contributed by atoms with Gasteiger partial charge in [-0.25, -0.2) is 0 Å². The van der Waals surface area contributed by atoms with Gasteiger partial charge in [0.25, 0.3) is 0 Å². The third-order valence-corrected chi connectivity index (χ3v) is 3.69. The fourth-order valence-electron chi connectivity index (χ4n) is 2.39. The minimum atomic E-state index is -0.0248. The number of hydrogen-bond acceptors (Lipinski definition) is 2. The SMILES string of the molecule is Cc1cccc(NC(=O)CCn2ncc3cc(Cl)ccc32)c1. The molecule has 3 aromatic rings. The zero-order chi connectivity index (χ0) is 15.5. The first-order chi connectivity index (χ1) is 10.6. The van der Waals surface area contributed by atoms with Gasteiger partial charge in [0.1, 0.15) is 0 Å². The first-order valence-corrected chi connectivity index (χ1v) is 7.47. The highest BCUT2D eigenvalue weighted by Crippen LogP contribution is 2.19. The number of amides is 1. The van der Waals surface area contributed by atoms with Crippen LogP contribution >= 0.6 is 11.6 Å². The highest BCUT2D eigenvalue weighted by molar-refractivity contribution is 6.31. The average Bonchev–Trinajstić information content (AvgIpc) is 2.87. The van der Waals surface area contributed by atoms with Crippen molar-refractivity contribution in [2.45, 2.75) is 19.9 Å². The number of hydrogen-bond donors (Lipinski definition) is 1. The third-order valence-electron chi connectivity index (χ3n) is 3.46. The van der Waals surface area contributed by atoms with Crippen LogP contribution in [0.15, 0.2) is 48.7 Å². The topological polar surface area (TPSA) is 46.9 Å². The molecular weight excluding hydrogens is 298 g/mol. The molecule has 0 saturated carbocycles. The van der Waals surface area contributed by atoms with E-state index in [-0.39, 0.29) is 5.91 Å². The number of halogens is 1. The molecule has 0 spiro atoms. The zero-order valence-electron chi connectivity index (χ0n) is 12.2. The van der Waals surface area contributed by atoms with E-state index in [4.69, 9.17) is 11.6 Å². The van der Waals surface area contributed by atoms with Crippen molar-refractivity contribution in [2.75, 3.05) is 5.32 Å². The lowest BCUT2D eigenvalue weighted by Gasteiger charge is -2.07. The Morgan fingerprint density at radius 2 is 2.14 bits per heavy atom. The van der Waals surface area contributed by atoms with Crippen molar-refractivity contribution >= 4 is 34.1 Å². The molecule has 1 aromatic heterocycles. The van der Waals surface area contributed by atoms with Crippen molar-refractivity contribution in [3.63, 3.8) is 0 Å². The Hall–Kier alpha value is -2.33. The van der Waals surface area contributed by atoms with Gasteiger partial charge in [0.05, 0.1) is 18.3 Å². The summed E-state index contributed by atoms with van der Waals surface area (Å²) in [5.41, 5.74) is 2.92. The van der Waals surface area contributed by atoms with E-state index in [2.05, 4.69) is 10.4 Å².